The van der Waals surface area contributed by atoms with E-state index in [0.717, 1.165) is 17.8 Å². The highest BCUT2D eigenvalue weighted by molar-refractivity contribution is 5.66. The molecule has 0 bridgehead atoms. The van der Waals surface area contributed by atoms with Crippen LogP contribution >= 0.6 is 0 Å². The lowest BCUT2D eigenvalue weighted by Crippen LogP contribution is -2.19. The molecule has 1 nitrogen and oxygen atoms in total. The van der Waals surface area contributed by atoms with Crippen LogP contribution in [-0.2, 0) is 0 Å². The molecule has 2 heteroatoms. The molecule has 0 aromatic heterocycles. The molecule has 0 radical (unpaired) electrons. The zero-order chi connectivity index (χ0) is 13.9. The smallest absolute Gasteiger partial charge is 0.133 e. The van der Waals surface area contributed by atoms with Crippen LogP contribution in [0.2, 0.25) is 0 Å². The summed E-state index contributed by atoms with van der Waals surface area (Å²) in [5.74, 6) is -0.190. The second-order valence-corrected chi connectivity index (χ2v) is 5.97. The van der Waals surface area contributed by atoms with Gasteiger partial charge in [-0.05, 0) is 29.2 Å². The SMILES string of the molecule is CC(C)(C)CNc1ccc(-c2ccccc2)c(F)c1. The Labute approximate surface area is 114 Å². The van der Waals surface area contributed by atoms with E-state index >= 15 is 0 Å². The van der Waals surface area contributed by atoms with Gasteiger partial charge in [-0.25, -0.2) is 4.39 Å². The van der Waals surface area contributed by atoms with Crippen molar-refractivity contribution in [2.75, 3.05) is 11.9 Å². The van der Waals surface area contributed by atoms with E-state index in [4.69, 9.17) is 0 Å². The molecule has 100 valence electrons. The summed E-state index contributed by atoms with van der Waals surface area (Å²) in [6.07, 6.45) is 0. The largest absolute Gasteiger partial charge is 0.384 e. The van der Waals surface area contributed by atoms with E-state index in [1.54, 1.807) is 6.07 Å². The molecule has 1 N–H and O–H groups in total. The third kappa shape index (κ3) is 3.82. The maximum Gasteiger partial charge on any atom is 0.133 e. The molecular formula is C17H20FN. The molecule has 2 aromatic carbocycles. The van der Waals surface area contributed by atoms with E-state index in [1.165, 1.54) is 0 Å². The minimum atomic E-state index is -0.190. The minimum Gasteiger partial charge on any atom is -0.384 e. The Balaban J connectivity index is 2.18. The molecule has 19 heavy (non-hydrogen) atoms. The van der Waals surface area contributed by atoms with Gasteiger partial charge in [-0.3, -0.25) is 0 Å². The first kappa shape index (κ1) is 13.6. The van der Waals surface area contributed by atoms with Gasteiger partial charge in [0, 0.05) is 17.8 Å². The van der Waals surface area contributed by atoms with Crippen molar-refractivity contribution in [3.63, 3.8) is 0 Å². The topological polar surface area (TPSA) is 12.0 Å². The molecule has 0 amide bonds. The van der Waals surface area contributed by atoms with Crippen molar-refractivity contribution < 1.29 is 4.39 Å². The van der Waals surface area contributed by atoms with E-state index in [1.807, 2.05) is 42.5 Å². The fourth-order valence-electron chi connectivity index (χ4n) is 1.84. The van der Waals surface area contributed by atoms with Gasteiger partial charge in [0.2, 0.25) is 0 Å². The summed E-state index contributed by atoms with van der Waals surface area (Å²) in [5.41, 5.74) is 2.55. The molecule has 2 rings (SSSR count). The number of halogens is 1. The van der Waals surface area contributed by atoms with E-state index in [0.29, 0.717) is 5.56 Å². The summed E-state index contributed by atoms with van der Waals surface area (Å²) in [7, 11) is 0. The second kappa shape index (κ2) is 5.43. The van der Waals surface area contributed by atoms with Crippen LogP contribution in [0.5, 0.6) is 0 Å². The lowest BCUT2D eigenvalue weighted by molar-refractivity contribution is 0.443. The highest BCUT2D eigenvalue weighted by Gasteiger charge is 2.10. The average Bonchev–Trinajstić information content (AvgIpc) is 2.37. The van der Waals surface area contributed by atoms with Crippen molar-refractivity contribution in [3.05, 3.63) is 54.3 Å². The number of hydrogen-bond acceptors (Lipinski definition) is 1. The van der Waals surface area contributed by atoms with Crippen molar-refractivity contribution in [2.45, 2.75) is 20.8 Å². The van der Waals surface area contributed by atoms with E-state index in [-0.39, 0.29) is 11.2 Å². The minimum absolute atomic E-state index is 0.175. The fourth-order valence-corrected chi connectivity index (χ4v) is 1.84. The van der Waals surface area contributed by atoms with Crippen molar-refractivity contribution in [1.82, 2.24) is 0 Å². The van der Waals surface area contributed by atoms with Crippen LogP contribution in [0.25, 0.3) is 11.1 Å². The first-order valence-corrected chi connectivity index (χ1v) is 6.54. The molecule has 0 fully saturated rings. The highest BCUT2D eigenvalue weighted by atomic mass is 19.1. The lowest BCUT2D eigenvalue weighted by atomic mass is 9.97. The summed E-state index contributed by atoms with van der Waals surface area (Å²) in [5, 5.41) is 3.26. The summed E-state index contributed by atoms with van der Waals surface area (Å²) < 4.78 is 14.1. The summed E-state index contributed by atoms with van der Waals surface area (Å²) >= 11 is 0. The Bertz CT molecular complexity index is 541. The molecule has 0 aliphatic heterocycles. The molecule has 0 unspecified atom stereocenters. The maximum atomic E-state index is 14.1. The van der Waals surface area contributed by atoms with Crippen molar-refractivity contribution >= 4 is 5.69 Å². The molecular weight excluding hydrogens is 237 g/mol. The van der Waals surface area contributed by atoms with Crippen LogP contribution in [0, 0.1) is 11.2 Å². The number of anilines is 1. The Hall–Kier alpha value is -1.83. The molecule has 0 spiro atoms. The fraction of sp³-hybridized carbons (Fsp3) is 0.294. The molecule has 0 aliphatic carbocycles. The van der Waals surface area contributed by atoms with Gasteiger partial charge >= 0.3 is 0 Å². The highest BCUT2D eigenvalue weighted by Crippen LogP contribution is 2.25. The zero-order valence-corrected chi connectivity index (χ0v) is 11.7. The molecule has 2 aromatic rings. The summed E-state index contributed by atoms with van der Waals surface area (Å²) in [6.45, 7) is 7.26. The molecule has 0 atom stereocenters. The molecule has 0 saturated carbocycles. The van der Waals surface area contributed by atoms with Crippen molar-refractivity contribution in [2.24, 2.45) is 5.41 Å². The van der Waals surface area contributed by atoms with Gasteiger partial charge in [0.1, 0.15) is 5.82 Å². The third-order valence-electron chi connectivity index (χ3n) is 2.88. The quantitative estimate of drug-likeness (QED) is 0.820. The first-order valence-electron chi connectivity index (χ1n) is 6.54. The van der Waals surface area contributed by atoms with Gasteiger partial charge in [0.15, 0.2) is 0 Å². The maximum absolute atomic E-state index is 14.1. The Morgan fingerprint density at radius 1 is 1.00 bits per heavy atom. The lowest BCUT2D eigenvalue weighted by Gasteiger charge is -2.19. The second-order valence-electron chi connectivity index (χ2n) is 5.97. The van der Waals surface area contributed by atoms with Gasteiger partial charge in [0.05, 0.1) is 0 Å². The van der Waals surface area contributed by atoms with Gasteiger partial charge in [-0.15, -0.1) is 0 Å². The average molecular weight is 257 g/mol. The Kier molecular flexibility index (Phi) is 3.89. The number of nitrogens with one attached hydrogen (secondary N) is 1. The summed E-state index contributed by atoms with van der Waals surface area (Å²) in [6, 6.07) is 14.9. The standard InChI is InChI=1S/C17H20FN/c1-17(2,3)12-19-14-9-10-15(16(18)11-14)13-7-5-4-6-8-13/h4-11,19H,12H2,1-3H3. The van der Waals surface area contributed by atoms with Crippen molar-refractivity contribution in [1.29, 1.82) is 0 Å². The van der Waals surface area contributed by atoms with E-state index < -0.39 is 0 Å². The third-order valence-corrected chi connectivity index (χ3v) is 2.88. The van der Waals surface area contributed by atoms with Crippen LogP contribution in [0.3, 0.4) is 0 Å². The normalized spacial score (nSPS) is 11.4. The monoisotopic (exact) mass is 257 g/mol. The van der Waals surface area contributed by atoms with E-state index in [2.05, 4.69) is 26.1 Å². The number of rotatable bonds is 3. The molecule has 0 saturated heterocycles. The predicted molar refractivity (Wildman–Crippen MR) is 79.8 cm³/mol. The van der Waals surface area contributed by atoms with Gasteiger partial charge in [0.25, 0.3) is 0 Å². The molecule has 0 aliphatic rings. The van der Waals surface area contributed by atoms with Crippen LogP contribution in [0.1, 0.15) is 20.8 Å². The first-order chi connectivity index (χ1) is 8.96. The van der Waals surface area contributed by atoms with Crippen LogP contribution < -0.4 is 5.32 Å². The summed E-state index contributed by atoms with van der Waals surface area (Å²) in [4.78, 5) is 0. The van der Waals surface area contributed by atoms with Gasteiger partial charge in [-0.1, -0.05) is 51.1 Å². The van der Waals surface area contributed by atoms with Crippen LogP contribution in [0.4, 0.5) is 10.1 Å². The van der Waals surface area contributed by atoms with Gasteiger partial charge in [-0.2, -0.15) is 0 Å². The molecule has 0 heterocycles. The van der Waals surface area contributed by atoms with Crippen molar-refractivity contribution in [3.8, 4) is 11.1 Å². The Morgan fingerprint density at radius 3 is 2.26 bits per heavy atom. The van der Waals surface area contributed by atoms with Gasteiger partial charge < -0.3 is 5.32 Å². The number of benzene rings is 2. The predicted octanol–water partition coefficient (Wildman–Crippen LogP) is 4.95. The number of hydrogen-bond donors (Lipinski definition) is 1. The van der Waals surface area contributed by atoms with Crippen LogP contribution in [0.15, 0.2) is 48.5 Å². The Morgan fingerprint density at radius 2 is 1.68 bits per heavy atom. The zero-order valence-electron chi connectivity index (χ0n) is 11.7. The van der Waals surface area contributed by atoms with E-state index in [9.17, 15) is 4.39 Å². The van der Waals surface area contributed by atoms with Crippen LogP contribution in [-0.4, -0.2) is 6.54 Å².